The van der Waals surface area contributed by atoms with Gasteiger partial charge in [0.1, 0.15) is 5.82 Å². The lowest BCUT2D eigenvalue weighted by molar-refractivity contribution is -0.146. The molecule has 0 unspecified atom stereocenters. The molecule has 0 aliphatic carbocycles. The second kappa shape index (κ2) is 11.3. The maximum Gasteiger partial charge on any atom is 0.312 e. The molecular weight excluding hydrogens is 570 g/mol. The molecule has 6 nitrogen and oxygen atoms in total. The second-order valence-electron chi connectivity index (χ2n) is 10.6. The number of methoxy groups -OCH3 is 1. The first kappa shape index (κ1) is 28.1. The maximum absolute atomic E-state index is 14.9. The highest BCUT2D eigenvalue weighted by molar-refractivity contribution is 7.98. The normalized spacial score (nSPS) is 13.3. The summed E-state index contributed by atoms with van der Waals surface area (Å²) in [6, 6.07) is 23.3. The van der Waals surface area contributed by atoms with Crippen molar-refractivity contribution in [3.8, 4) is 22.4 Å². The third-order valence-electron chi connectivity index (χ3n) is 7.54. The van der Waals surface area contributed by atoms with Gasteiger partial charge in [0.25, 0.3) is 5.91 Å². The van der Waals surface area contributed by atoms with Crippen molar-refractivity contribution in [2.75, 3.05) is 39.2 Å². The zero-order chi connectivity index (χ0) is 29.5. The Morgan fingerprint density at radius 2 is 1.79 bits per heavy atom. The zero-order valence-electron chi connectivity index (χ0n) is 23.8. The number of hydrogen-bond acceptors (Lipinski definition) is 6. The van der Waals surface area contributed by atoms with Gasteiger partial charge in [-0.25, -0.2) is 4.39 Å². The van der Waals surface area contributed by atoms with E-state index in [2.05, 4.69) is 46.1 Å². The van der Waals surface area contributed by atoms with E-state index in [0.29, 0.717) is 18.0 Å². The fourth-order valence-electron chi connectivity index (χ4n) is 5.30. The molecule has 0 saturated carbocycles. The quantitative estimate of drug-likeness (QED) is 0.183. The van der Waals surface area contributed by atoms with E-state index < -0.39 is 0 Å². The molecule has 1 aliphatic heterocycles. The van der Waals surface area contributed by atoms with Crippen LogP contribution in [-0.4, -0.2) is 55.0 Å². The van der Waals surface area contributed by atoms with Gasteiger partial charge < -0.3 is 14.5 Å². The van der Waals surface area contributed by atoms with E-state index in [1.807, 2.05) is 29.6 Å². The van der Waals surface area contributed by atoms with E-state index in [1.165, 1.54) is 24.5 Å². The largest absolute Gasteiger partial charge is 0.469 e. The zero-order valence-corrected chi connectivity index (χ0v) is 25.4. The predicted octanol–water partition coefficient (Wildman–Crippen LogP) is 7.35. The first-order chi connectivity index (χ1) is 20.2. The first-order valence-corrected chi connectivity index (χ1v) is 15.2. The highest BCUT2D eigenvalue weighted by Gasteiger charge is 2.34. The number of benzene rings is 3. The van der Waals surface area contributed by atoms with Crippen LogP contribution in [0.25, 0.3) is 33.3 Å². The number of hydrogen-bond donors (Lipinski definition) is 0. The standard InChI is InChI=1S/C33H30FN3O3S2/c1-20-8-11-25(12-9-20)42-37-28-13-10-23(34)17-27(28)29(26-14-15-41-31(26)32(38)35(2)3)30(37)21-6-5-7-24(16-21)36-18-22(19-36)33(39)40-4/h5-17,22H,18-19H2,1-4H3. The maximum atomic E-state index is 14.9. The van der Waals surface area contributed by atoms with E-state index in [-0.39, 0.29) is 23.6 Å². The van der Waals surface area contributed by atoms with E-state index in [1.54, 1.807) is 43.1 Å². The van der Waals surface area contributed by atoms with Crippen molar-refractivity contribution in [1.29, 1.82) is 0 Å². The number of carbonyl (C=O) groups is 2. The summed E-state index contributed by atoms with van der Waals surface area (Å²) in [6.07, 6.45) is 0. The van der Waals surface area contributed by atoms with E-state index in [9.17, 15) is 14.0 Å². The molecule has 3 heterocycles. The summed E-state index contributed by atoms with van der Waals surface area (Å²) >= 11 is 2.95. The summed E-state index contributed by atoms with van der Waals surface area (Å²) in [4.78, 5) is 30.7. The van der Waals surface area contributed by atoms with Crippen LogP contribution in [0.1, 0.15) is 15.2 Å². The van der Waals surface area contributed by atoms with E-state index in [0.717, 1.165) is 49.4 Å². The lowest BCUT2D eigenvalue weighted by atomic mass is 9.96. The number of thiophene rings is 1. The van der Waals surface area contributed by atoms with Crippen LogP contribution in [0.2, 0.25) is 0 Å². The Hall–Kier alpha value is -4.08. The Morgan fingerprint density at radius 1 is 1.02 bits per heavy atom. The summed E-state index contributed by atoms with van der Waals surface area (Å²) in [7, 11) is 4.89. The fourth-order valence-corrected chi connectivity index (χ4v) is 7.23. The van der Waals surface area contributed by atoms with Crippen molar-refractivity contribution in [1.82, 2.24) is 8.87 Å². The minimum Gasteiger partial charge on any atom is -0.469 e. The number of amides is 1. The van der Waals surface area contributed by atoms with Gasteiger partial charge in [0.05, 0.1) is 29.1 Å². The minimum absolute atomic E-state index is 0.0994. The summed E-state index contributed by atoms with van der Waals surface area (Å²) in [5.41, 5.74) is 6.38. The first-order valence-electron chi connectivity index (χ1n) is 13.6. The highest BCUT2D eigenvalue weighted by atomic mass is 32.2. The van der Waals surface area contributed by atoms with Crippen LogP contribution in [0, 0.1) is 18.7 Å². The SMILES string of the molecule is COC(=O)C1CN(c2cccc(-c3c(-c4ccsc4C(=O)N(C)C)c4cc(F)ccc4n3Sc3ccc(C)cc3)c2)C1. The molecule has 5 aromatic rings. The fraction of sp³-hybridized carbons (Fsp3) is 0.212. The van der Waals surface area contributed by atoms with Crippen LogP contribution < -0.4 is 4.90 Å². The number of nitrogens with zero attached hydrogens (tertiary/aromatic N) is 3. The van der Waals surface area contributed by atoms with Gasteiger partial charge in [0, 0.05) is 59.8 Å². The van der Waals surface area contributed by atoms with Crippen molar-refractivity contribution in [2.45, 2.75) is 11.8 Å². The summed E-state index contributed by atoms with van der Waals surface area (Å²) in [5, 5.41) is 2.64. The molecule has 0 N–H and O–H groups in total. The lowest BCUT2D eigenvalue weighted by Gasteiger charge is -2.39. The van der Waals surface area contributed by atoms with Crippen molar-refractivity contribution in [2.24, 2.45) is 5.92 Å². The third kappa shape index (κ3) is 5.07. The number of rotatable bonds is 7. The number of halogens is 1. The Bertz CT molecular complexity index is 1800. The Morgan fingerprint density at radius 3 is 2.50 bits per heavy atom. The molecule has 6 rings (SSSR count). The van der Waals surface area contributed by atoms with Gasteiger partial charge in [-0.15, -0.1) is 11.3 Å². The van der Waals surface area contributed by atoms with Gasteiger partial charge in [0.15, 0.2) is 0 Å². The topological polar surface area (TPSA) is 54.8 Å². The van der Waals surface area contributed by atoms with Gasteiger partial charge in [-0.05, 0) is 72.8 Å². The number of aromatic nitrogens is 1. The average Bonchev–Trinajstić information content (AvgIpc) is 3.55. The molecule has 42 heavy (non-hydrogen) atoms. The number of aryl methyl sites for hydroxylation is 1. The van der Waals surface area contributed by atoms with Gasteiger partial charge >= 0.3 is 5.97 Å². The summed E-state index contributed by atoms with van der Waals surface area (Å²) in [5.74, 6) is -0.785. The van der Waals surface area contributed by atoms with Crippen LogP contribution in [0.4, 0.5) is 10.1 Å². The van der Waals surface area contributed by atoms with E-state index >= 15 is 0 Å². The average molecular weight is 600 g/mol. The number of ether oxygens (including phenoxy) is 1. The molecule has 1 saturated heterocycles. The molecule has 1 fully saturated rings. The van der Waals surface area contributed by atoms with Crippen molar-refractivity contribution in [3.05, 3.63) is 94.4 Å². The molecule has 0 bridgehead atoms. The molecule has 214 valence electrons. The molecule has 0 spiro atoms. The van der Waals surface area contributed by atoms with Crippen LogP contribution in [0.5, 0.6) is 0 Å². The lowest BCUT2D eigenvalue weighted by Crippen LogP contribution is -2.50. The number of anilines is 1. The molecule has 0 radical (unpaired) electrons. The number of fused-ring (bicyclic) bond motifs is 1. The molecule has 1 aliphatic rings. The Kier molecular flexibility index (Phi) is 7.55. The van der Waals surface area contributed by atoms with Crippen LogP contribution in [-0.2, 0) is 9.53 Å². The second-order valence-corrected chi connectivity index (χ2v) is 12.6. The van der Waals surface area contributed by atoms with E-state index in [4.69, 9.17) is 4.74 Å². The Labute approximate surface area is 252 Å². The molecular formula is C33H30FN3O3S2. The van der Waals surface area contributed by atoms with Gasteiger partial charge in [-0.2, -0.15) is 0 Å². The smallest absolute Gasteiger partial charge is 0.312 e. The molecule has 2 aromatic heterocycles. The highest BCUT2D eigenvalue weighted by Crippen LogP contribution is 2.47. The Balaban J connectivity index is 1.58. The van der Waals surface area contributed by atoms with Crippen LogP contribution in [0.15, 0.2) is 83.1 Å². The third-order valence-corrected chi connectivity index (χ3v) is 9.49. The van der Waals surface area contributed by atoms with Crippen molar-refractivity contribution < 1.29 is 18.7 Å². The molecule has 0 atom stereocenters. The summed E-state index contributed by atoms with van der Waals surface area (Å²) < 4.78 is 21.9. The molecule has 9 heteroatoms. The number of carbonyl (C=O) groups excluding carboxylic acids is 2. The number of esters is 1. The van der Waals surface area contributed by atoms with Crippen molar-refractivity contribution in [3.63, 3.8) is 0 Å². The van der Waals surface area contributed by atoms with Gasteiger partial charge in [-0.1, -0.05) is 29.8 Å². The van der Waals surface area contributed by atoms with Crippen molar-refractivity contribution >= 4 is 51.8 Å². The van der Waals surface area contributed by atoms with Gasteiger partial charge in [0.2, 0.25) is 0 Å². The molecule has 1 amide bonds. The predicted molar refractivity (Wildman–Crippen MR) is 169 cm³/mol. The minimum atomic E-state index is -0.341. The van der Waals surface area contributed by atoms with Gasteiger partial charge in [-0.3, -0.25) is 13.6 Å². The monoisotopic (exact) mass is 599 g/mol. The summed E-state index contributed by atoms with van der Waals surface area (Å²) in [6.45, 7) is 3.22. The van der Waals surface area contributed by atoms with Crippen LogP contribution >= 0.6 is 23.3 Å². The molecule has 3 aromatic carbocycles. The van der Waals surface area contributed by atoms with Crippen LogP contribution in [0.3, 0.4) is 0 Å².